The number of pyridine rings is 1. The highest BCUT2D eigenvalue weighted by atomic mass is 32.1. The van der Waals surface area contributed by atoms with Gasteiger partial charge in [-0.15, -0.1) is 0 Å². The number of benzene rings is 3. The lowest BCUT2D eigenvalue weighted by atomic mass is 10.1. The summed E-state index contributed by atoms with van der Waals surface area (Å²) >= 11 is 1.38. The molecule has 0 unspecified atom stereocenters. The third-order valence-electron chi connectivity index (χ3n) is 7.90. The third-order valence-corrected chi connectivity index (χ3v) is 8.85. The Kier molecular flexibility index (Phi) is 8.11. The molecule has 2 amide bonds. The fraction of sp³-hybridized carbons (Fsp3) is 0.147. The van der Waals surface area contributed by atoms with Crippen molar-refractivity contribution in [2.24, 2.45) is 0 Å². The van der Waals surface area contributed by atoms with E-state index in [0.717, 1.165) is 21.5 Å². The molecule has 0 bridgehead atoms. The van der Waals surface area contributed by atoms with Crippen LogP contribution in [-0.2, 0) is 11.3 Å². The summed E-state index contributed by atoms with van der Waals surface area (Å²) in [6.45, 7) is 2.25. The highest BCUT2D eigenvalue weighted by molar-refractivity contribution is 7.22. The fourth-order valence-corrected chi connectivity index (χ4v) is 6.34. The minimum absolute atomic E-state index is 0.0628. The molecule has 1 saturated heterocycles. The minimum Gasteiger partial charge on any atom is -0.478 e. The second-order valence-electron chi connectivity index (χ2n) is 10.9. The molecule has 47 heavy (non-hydrogen) atoms. The van der Waals surface area contributed by atoms with Gasteiger partial charge < -0.3 is 25.0 Å². The predicted octanol–water partition coefficient (Wildman–Crippen LogP) is 6.10. The number of anilines is 4. The van der Waals surface area contributed by atoms with Gasteiger partial charge >= 0.3 is 12.1 Å². The maximum atomic E-state index is 13.8. The largest absolute Gasteiger partial charge is 0.478 e. The molecule has 12 nitrogen and oxygen atoms in total. The van der Waals surface area contributed by atoms with Gasteiger partial charge in [-0.3, -0.25) is 14.5 Å². The van der Waals surface area contributed by atoms with Gasteiger partial charge in [0.25, 0.3) is 5.91 Å². The Labute approximate surface area is 272 Å². The molecule has 4 heterocycles. The number of hydrogen-bond donors (Lipinski definition) is 3. The van der Waals surface area contributed by atoms with Crippen LogP contribution in [0.3, 0.4) is 0 Å². The van der Waals surface area contributed by atoms with Crippen LogP contribution in [0.5, 0.6) is 0 Å². The number of fused-ring (bicyclic) bond motifs is 2. The third kappa shape index (κ3) is 6.29. The van der Waals surface area contributed by atoms with Crippen LogP contribution >= 0.6 is 11.3 Å². The van der Waals surface area contributed by atoms with E-state index in [1.54, 1.807) is 27.6 Å². The summed E-state index contributed by atoms with van der Waals surface area (Å²) in [5, 5.41) is 16.3. The van der Waals surface area contributed by atoms with E-state index >= 15 is 0 Å². The lowest BCUT2D eigenvalue weighted by Crippen LogP contribution is -2.49. The SMILES string of the molecule is O=C(Nc1nc2ccccc2s1)c1cc(N2CCN(C(=O)OCc3ccccc3)CC2)ccc1Nc1cnc2c(C(=O)O)cccn12. The Balaban J connectivity index is 1.12. The molecule has 1 aliphatic heterocycles. The molecule has 236 valence electrons. The average Bonchev–Trinajstić information content (AvgIpc) is 3.71. The van der Waals surface area contributed by atoms with Crippen molar-refractivity contribution in [1.82, 2.24) is 19.3 Å². The van der Waals surface area contributed by atoms with Gasteiger partial charge in [-0.05, 0) is 48.0 Å². The molecule has 0 atom stereocenters. The van der Waals surface area contributed by atoms with E-state index in [1.165, 1.54) is 23.6 Å². The number of aromatic carboxylic acids is 1. The topological polar surface area (TPSA) is 141 Å². The molecular formula is C34H29N7O5S. The zero-order chi connectivity index (χ0) is 32.3. The van der Waals surface area contributed by atoms with Crippen molar-refractivity contribution in [2.75, 3.05) is 41.7 Å². The van der Waals surface area contributed by atoms with E-state index in [4.69, 9.17) is 4.74 Å². The van der Waals surface area contributed by atoms with Gasteiger partial charge in [0.2, 0.25) is 0 Å². The number of amides is 2. The van der Waals surface area contributed by atoms with Gasteiger partial charge in [0.05, 0.1) is 27.7 Å². The molecular weight excluding hydrogens is 618 g/mol. The number of hydrogen-bond acceptors (Lipinski definition) is 9. The van der Waals surface area contributed by atoms with Gasteiger partial charge in [0.15, 0.2) is 10.8 Å². The van der Waals surface area contributed by atoms with Crippen LogP contribution in [0.4, 0.5) is 27.1 Å². The summed E-state index contributed by atoms with van der Waals surface area (Å²) < 4.78 is 8.10. The molecule has 3 aromatic heterocycles. The summed E-state index contributed by atoms with van der Waals surface area (Å²) in [4.78, 5) is 51.0. The zero-order valence-electron chi connectivity index (χ0n) is 25.0. The number of para-hydroxylation sites is 1. The predicted molar refractivity (Wildman–Crippen MR) is 180 cm³/mol. The van der Waals surface area contributed by atoms with Crippen LogP contribution in [0, 0.1) is 0 Å². The lowest BCUT2D eigenvalue weighted by molar-refractivity contribution is 0.0698. The van der Waals surface area contributed by atoms with Crippen molar-refractivity contribution in [3.8, 4) is 0 Å². The highest BCUT2D eigenvalue weighted by Crippen LogP contribution is 2.31. The Bertz CT molecular complexity index is 2070. The molecule has 3 N–H and O–H groups in total. The molecule has 0 spiro atoms. The van der Waals surface area contributed by atoms with E-state index in [2.05, 4.69) is 25.5 Å². The first-order chi connectivity index (χ1) is 22.9. The Hall–Kier alpha value is -5.95. The second-order valence-corrected chi connectivity index (χ2v) is 11.9. The number of nitrogens with zero attached hydrogens (tertiary/aromatic N) is 5. The Morgan fingerprint density at radius 2 is 1.68 bits per heavy atom. The number of carboxylic acids is 1. The number of carbonyl (C=O) groups excluding carboxylic acids is 2. The number of rotatable bonds is 8. The number of carbonyl (C=O) groups is 3. The van der Waals surface area contributed by atoms with E-state index in [0.29, 0.717) is 48.4 Å². The number of ether oxygens (including phenoxy) is 1. The standard InChI is InChI=1S/C34H29N7O5S/c42-31(38-33-37-27-10-4-5-11-28(27)47-33)25-19-23(39-15-17-40(18-16-39)34(45)46-21-22-7-2-1-3-8-22)12-13-26(25)36-29-20-35-30-24(32(43)44)9-6-14-41(29)30/h1-14,19-20,36H,15-18,21H2,(H,43,44)(H,37,38,42). The van der Waals surface area contributed by atoms with Crippen molar-refractivity contribution >= 4 is 67.5 Å². The summed E-state index contributed by atoms with van der Waals surface area (Å²) in [6.07, 6.45) is 2.88. The summed E-state index contributed by atoms with van der Waals surface area (Å²) in [6, 6.07) is 25.9. The molecule has 7 rings (SSSR count). The van der Waals surface area contributed by atoms with E-state index in [9.17, 15) is 19.5 Å². The van der Waals surface area contributed by atoms with Gasteiger partial charge in [0, 0.05) is 38.1 Å². The maximum Gasteiger partial charge on any atom is 0.410 e. The number of piperazine rings is 1. The second kappa shape index (κ2) is 12.8. The van der Waals surface area contributed by atoms with E-state index in [1.807, 2.05) is 66.7 Å². The molecule has 0 aliphatic carbocycles. The van der Waals surface area contributed by atoms with E-state index < -0.39 is 5.97 Å². The summed E-state index contributed by atoms with van der Waals surface area (Å²) in [7, 11) is 0. The van der Waals surface area contributed by atoms with Crippen LogP contribution in [0.25, 0.3) is 15.9 Å². The van der Waals surface area contributed by atoms with Crippen LogP contribution in [0.1, 0.15) is 26.3 Å². The van der Waals surface area contributed by atoms with Crippen LogP contribution in [-0.4, -0.2) is 68.5 Å². The van der Waals surface area contributed by atoms with Gasteiger partial charge in [0.1, 0.15) is 18.0 Å². The number of nitrogens with one attached hydrogen (secondary N) is 2. The number of aromatic nitrogens is 3. The molecule has 1 aliphatic rings. The van der Waals surface area contributed by atoms with Crippen LogP contribution in [0.15, 0.2) is 97.3 Å². The molecule has 0 saturated carbocycles. The minimum atomic E-state index is -1.09. The molecule has 3 aromatic carbocycles. The maximum absolute atomic E-state index is 13.8. The fourth-order valence-electron chi connectivity index (χ4n) is 5.48. The first-order valence-corrected chi connectivity index (χ1v) is 15.7. The summed E-state index contributed by atoms with van der Waals surface area (Å²) in [5.74, 6) is -0.957. The molecule has 0 radical (unpaired) electrons. The van der Waals surface area contributed by atoms with Crippen molar-refractivity contribution < 1.29 is 24.2 Å². The van der Waals surface area contributed by atoms with Crippen molar-refractivity contribution in [3.05, 3.63) is 114 Å². The Morgan fingerprint density at radius 1 is 0.894 bits per heavy atom. The van der Waals surface area contributed by atoms with Gasteiger partial charge in [-0.1, -0.05) is 53.8 Å². The van der Waals surface area contributed by atoms with Crippen molar-refractivity contribution in [1.29, 1.82) is 0 Å². The zero-order valence-corrected chi connectivity index (χ0v) is 25.8. The molecule has 1 fully saturated rings. The molecule has 6 aromatic rings. The lowest BCUT2D eigenvalue weighted by Gasteiger charge is -2.35. The highest BCUT2D eigenvalue weighted by Gasteiger charge is 2.24. The van der Waals surface area contributed by atoms with Gasteiger partial charge in [-0.2, -0.15) is 0 Å². The van der Waals surface area contributed by atoms with E-state index in [-0.39, 0.29) is 29.8 Å². The Morgan fingerprint density at radius 3 is 2.47 bits per heavy atom. The number of imidazole rings is 1. The number of carboxylic acid groups (broad SMARTS) is 1. The smallest absolute Gasteiger partial charge is 0.410 e. The normalized spacial score (nSPS) is 13.1. The quantitative estimate of drug-likeness (QED) is 0.179. The number of thiazole rings is 1. The van der Waals surface area contributed by atoms with Crippen LogP contribution < -0.4 is 15.5 Å². The van der Waals surface area contributed by atoms with Crippen molar-refractivity contribution in [3.63, 3.8) is 0 Å². The first kappa shape index (κ1) is 29.7. The average molecular weight is 648 g/mol. The van der Waals surface area contributed by atoms with Gasteiger partial charge in [-0.25, -0.2) is 19.6 Å². The van der Waals surface area contributed by atoms with Crippen LogP contribution in [0.2, 0.25) is 0 Å². The first-order valence-electron chi connectivity index (χ1n) is 14.9. The monoisotopic (exact) mass is 647 g/mol. The molecule has 13 heteroatoms. The van der Waals surface area contributed by atoms with Crippen molar-refractivity contribution in [2.45, 2.75) is 6.61 Å². The summed E-state index contributed by atoms with van der Waals surface area (Å²) in [5.41, 5.74) is 3.73.